The summed E-state index contributed by atoms with van der Waals surface area (Å²) >= 11 is 4.64. The summed E-state index contributed by atoms with van der Waals surface area (Å²) in [6.07, 6.45) is -2.66. The highest BCUT2D eigenvalue weighted by atomic mass is 35.5. The van der Waals surface area contributed by atoms with Gasteiger partial charge in [0, 0.05) is 25.8 Å². The van der Waals surface area contributed by atoms with Gasteiger partial charge in [0.2, 0.25) is 0 Å². The average molecular weight is 409 g/mol. The Bertz CT molecular complexity index is 706. The van der Waals surface area contributed by atoms with Gasteiger partial charge in [0.1, 0.15) is 5.60 Å². The van der Waals surface area contributed by atoms with Crippen molar-refractivity contribution in [2.45, 2.75) is 31.2 Å². The number of nitrogens with zero attached hydrogens (tertiary/aromatic N) is 1. The Hall–Kier alpha value is -2.00. The highest BCUT2D eigenvalue weighted by Gasteiger charge is 2.46. The summed E-state index contributed by atoms with van der Waals surface area (Å²) in [4.78, 5) is 24.3. The molecule has 0 unspecified atom stereocenters. The van der Waals surface area contributed by atoms with E-state index in [1.165, 1.54) is 11.3 Å². The van der Waals surface area contributed by atoms with Crippen LogP contribution < -0.4 is 5.32 Å². The fraction of sp³-hybridized carbons (Fsp3) is 0.529. The summed E-state index contributed by atoms with van der Waals surface area (Å²) in [6.45, 7) is 1.32. The largest absolute Gasteiger partial charge is 0.478 e. The summed E-state index contributed by atoms with van der Waals surface area (Å²) in [5.74, 6) is -1.44. The number of carbonyl (C=O) groups excluding carboxylic acids is 1. The van der Waals surface area contributed by atoms with Crippen LogP contribution in [0, 0.1) is 0 Å². The van der Waals surface area contributed by atoms with Crippen LogP contribution in [0.3, 0.4) is 0 Å². The topological polar surface area (TPSA) is 78.9 Å². The van der Waals surface area contributed by atoms with Crippen LogP contribution >= 0.6 is 11.6 Å². The molecule has 2 heterocycles. The SMILES string of the molecule is CCl.O=C(O)c1ccc(CN2CC3(CCNCC3)OC2=O)c(C(F)(F)F)c1. The van der Waals surface area contributed by atoms with E-state index in [2.05, 4.69) is 16.9 Å². The van der Waals surface area contributed by atoms with Crippen molar-refractivity contribution in [3.8, 4) is 0 Å². The fourth-order valence-corrected chi connectivity index (χ4v) is 3.27. The zero-order valence-electron chi connectivity index (χ0n) is 14.6. The number of ether oxygens (including phenoxy) is 1. The highest BCUT2D eigenvalue weighted by molar-refractivity contribution is 6.15. The molecule has 6 nitrogen and oxygen atoms in total. The Morgan fingerprint density at radius 2 is 1.96 bits per heavy atom. The molecule has 2 saturated heterocycles. The third-order valence-corrected chi connectivity index (χ3v) is 4.58. The standard InChI is InChI=1S/C16H17F3N2O4.CH3Cl/c17-16(18,19)12-7-10(13(22)23)1-2-11(12)8-21-9-15(25-14(21)24)3-5-20-6-4-15;1-2/h1-2,7,20H,3-6,8-9H2,(H,22,23);1H3. The summed E-state index contributed by atoms with van der Waals surface area (Å²) in [7, 11) is 0. The number of halogens is 4. The lowest BCUT2D eigenvalue weighted by molar-refractivity contribution is -0.138. The molecule has 27 heavy (non-hydrogen) atoms. The summed E-state index contributed by atoms with van der Waals surface area (Å²) in [5.41, 5.74) is -2.30. The molecule has 0 aliphatic carbocycles. The average Bonchev–Trinajstić information content (AvgIpc) is 2.91. The predicted octanol–water partition coefficient (Wildman–Crippen LogP) is 3.33. The lowest BCUT2D eigenvalue weighted by atomic mass is 9.92. The van der Waals surface area contributed by atoms with Crippen molar-refractivity contribution in [3.05, 3.63) is 34.9 Å². The van der Waals surface area contributed by atoms with E-state index in [1.54, 1.807) is 0 Å². The van der Waals surface area contributed by atoms with E-state index in [0.717, 1.165) is 12.1 Å². The van der Waals surface area contributed by atoms with Crippen LogP contribution in [0.4, 0.5) is 18.0 Å². The van der Waals surface area contributed by atoms with Gasteiger partial charge in [0.25, 0.3) is 0 Å². The second-order valence-electron chi connectivity index (χ2n) is 6.33. The Labute approximate surface area is 159 Å². The van der Waals surface area contributed by atoms with Crippen LogP contribution in [0.2, 0.25) is 0 Å². The number of aromatic carboxylic acids is 1. The minimum atomic E-state index is -4.71. The van der Waals surface area contributed by atoms with Crippen molar-refractivity contribution < 1.29 is 32.6 Å². The number of hydrogen-bond donors (Lipinski definition) is 2. The quantitative estimate of drug-likeness (QED) is 0.750. The molecule has 2 aliphatic heterocycles. The first kappa shape index (κ1) is 21.3. The first-order chi connectivity index (χ1) is 12.7. The molecule has 2 aliphatic rings. The van der Waals surface area contributed by atoms with Crippen molar-refractivity contribution in [1.29, 1.82) is 0 Å². The van der Waals surface area contributed by atoms with Crippen molar-refractivity contribution >= 4 is 23.7 Å². The molecule has 1 aromatic carbocycles. The molecule has 1 amide bonds. The first-order valence-corrected chi connectivity index (χ1v) is 8.96. The molecule has 1 aromatic rings. The number of hydrogen-bond acceptors (Lipinski definition) is 4. The van der Waals surface area contributed by atoms with Gasteiger partial charge in [-0.15, -0.1) is 11.6 Å². The van der Waals surface area contributed by atoms with Gasteiger partial charge in [-0.05, 0) is 30.8 Å². The maximum absolute atomic E-state index is 13.3. The van der Waals surface area contributed by atoms with E-state index in [4.69, 9.17) is 9.84 Å². The van der Waals surface area contributed by atoms with Crippen LogP contribution in [0.15, 0.2) is 18.2 Å². The van der Waals surface area contributed by atoms with Gasteiger partial charge in [-0.25, -0.2) is 9.59 Å². The number of piperidine rings is 1. The summed E-state index contributed by atoms with van der Waals surface area (Å²) in [6, 6.07) is 2.81. The van der Waals surface area contributed by atoms with E-state index in [9.17, 15) is 22.8 Å². The van der Waals surface area contributed by atoms with Gasteiger partial charge in [-0.3, -0.25) is 4.90 Å². The van der Waals surface area contributed by atoms with Gasteiger partial charge in [-0.2, -0.15) is 13.2 Å². The number of rotatable bonds is 3. The van der Waals surface area contributed by atoms with E-state index in [-0.39, 0.29) is 18.7 Å². The third-order valence-electron chi connectivity index (χ3n) is 4.58. The number of amides is 1. The van der Waals surface area contributed by atoms with Gasteiger partial charge < -0.3 is 15.2 Å². The van der Waals surface area contributed by atoms with Crippen LogP contribution in [0.5, 0.6) is 0 Å². The Morgan fingerprint density at radius 3 is 2.52 bits per heavy atom. The molecule has 2 N–H and O–H groups in total. The third kappa shape index (κ3) is 4.84. The molecule has 10 heteroatoms. The molecule has 1 spiro atoms. The molecule has 3 rings (SSSR count). The van der Waals surface area contributed by atoms with Crippen molar-refractivity contribution in [3.63, 3.8) is 0 Å². The Morgan fingerprint density at radius 1 is 1.33 bits per heavy atom. The van der Waals surface area contributed by atoms with E-state index in [0.29, 0.717) is 32.0 Å². The maximum Gasteiger partial charge on any atom is 0.416 e. The smallest absolute Gasteiger partial charge is 0.416 e. The molecule has 0 radical (unpaired) electrons. The van der Waals surface area contributed by atoms with Crippen molar-refractivity contribution in [1.82, 2.24) is 10.2 Å². The van der Waals surface area contributed by atoms with E-state index >= 15 is 0 Å². The van der Waals surface area contributed by atoms with Crippen LogP contribution in [0.1, 0.15) is 34.3 Å². The first-order valence-electron chi connectivity index (χ1n) is 8.20. The lowest BCUT2D eigenvalue weighted by Gasteiger charge is -2.31. The van der Waals surface area contributed by atoms with Gasteiger partial charge in [0.05, 0.1) is 17.7 Å². The fourth-order valence-electron chi connectivity index (χ4n) is 3.27. The number of benzene rings is 1. The molecule has 0 bridgehead atoms. The maximum atomic E-state index is 13.3. The molecule has 150 valence electrons. The van der Waals surface area contributed by atoms with Crippen LogP contribution in [-0.2, 0) is 17.5 Å². The second-order valence-corrected chi connectivity index (χ2v) is 6.33. The molecule has 0 atom stereocenters. The Balaban J connectivity index is 0.00000126. The summed E-state index contributed by atoms with van der Waals surface area (Å²) < 4.78 is 45.3. The normalized spacial score (nSPS) is 18.7. The number of alkyl halides is 4. The minimum Gasteiger partial charge on any atom is -0.478 e. The van der Waals surface area contributed by atoms with E-state index in [1.807, 2.05) is 0 Å². The molecular weight excluding hydrogens is 389 g/mol. The zero-order valence-corrected chi connectivity index (χ0v) is 15.4. The monoisotopic (exact) mass is 408 g/mol. The number of carboxylic acid groups (broad SMARTS) is 1. The van der Waals surface area contributed by atoms with Crippen molar-refractivity contribution in [2.75, 3.05) is 26.0 Å². The van der Waals surface area contributed by atoms with Crippen LogP contribution in [-0.4, -0.2) is 53.7 Å². The van der Waals surface area contributed by atoms with E-state index < -0.39 is 35.0 Å². The molecule has 0 aromatic heterocycles. The second kappa shape index (κ2) is 8.35. The molecular formula is C17H20ClF3N2O4. The molecule has 0 saturated carbocycles. The summed E-state index contributed by atoms with van der Waals surface area (Å²) in [5, 5.41) is 12.0. The molecule has 2 fully saturated rings. The number of nitrogens with one attached hydrogen (secondary N) is 1. The minimum absolute atomic E-state index is 0.152. The van der Waals surface area contributed by atoms with Crippen LogP contribution in [0.25, 0.3) is 0 Å². The Kier molecular flexibility index (Phi) is 6.59. The van der Waals surface area contributed by atoms with Crippen molar-refractivity contribution in [2.24, 2.45) is 0 Å². The number of carbonyl (C=O) groups is 2. The van der Waals surface area contributed by atoms with Gasteiger partial charge in [-0.1, -0.05) is 6.07 Å². The number of carboxylic acids is 1. The predicted molar refractivity (Wildman–Crippen MR) is 91.9 cm³/mol. The van der Waals surface area contributed by atoms with Gasteiger partial charge in [0.15, 0.2) is 0 Å². The zero-order chi connectivity index (χ0) is 20.2. The van der Waals surface area contributed by atoms with Gasteiger partial charge >= 0.3 is 18.2 Å². The highest BCUT2D eigenvalue weighted by Crippen LogP contribution is 2.36. The lowest BCUT2D eigenvalue weighted by Crippen LogP contribution is -2.44.